The summed E-state index contributed by atoms with van der Waals surface area (Å²) in [5.41, 5.74) is 0.980. The molecule has 1 aromatic heterocycles. The molecule has 0 saturated carbocycles. The van der Waals surface area contributed by atoms with E-state index >= 15 is 0 Å². The van der Waals surface area contributed by atoms with Crippen LogP contribution in [0.5, 0.6) is 0 Å². The van der Waals surface area contributed by atoms with E-state index < -0.39 is 29.6 Å². The van der Waals surface area contributed by atoms with Crippen molar-refractivity contribution in [2.45, 2.75) is 44.3 Å². The van der Waals surface area contributed by atoms with E-state index in [4.69, 9.17) is 14.5 Å². The van der Waals surface area contributed by atoms with Crippen LogP contribution in [-0.4, -0.2) is 71.2 Å². The number of carboxylic acids is 1. The lowest BCUT2D eigenvalue weighted by Crippen LogP contribution is -2.58. The summed E-state index contributed by atoms with van der Waals surface area (Å²) in [6.45, 7) is 3.00. The van der Waals surface area contributed by atoms with Crippen molar-refractivity contribution >= 4 is 45.0 Å². The maximum Gasteiger partial charge on any atom is 0.338 e. The van der Waals surface area contributed by atoms with E-state index in [1.54, 1.807) is 18.5 Å². The van der Waals surface area contributed by atoms with E-state index in [-0.39, 0.29) is 46.6 Å². The molecule has 0 amide bonds. The van der Waals surface area contributed by atoms with E-state index in [1.165, 1.54) is 17.4 Å². The summed E-state index contributed by atoms with van der Waals surface area (Å²) in [7, 11) is 0. The number of hydrogen-bond donors (Lipinski definition) is 2. The van der Waals surface area contributed by atoms with Gasteiger partial charge in [-0.2, -0.15) is 0 Å². The third-order valence-electron chi connectivity index (χ3n) is 7.19. The number of amidine groups is 1. The van der Waals surface area contributed by atoms with Crippen molar-refractivity contribution in [3.63, 3.8) is 0 Å². The van der Waals surface area contributed by atoms with E-state index in [0.29, 0.717) is 49.1 Å². The molecule has 9 nitrogen and oxygen atoms in total. The number of nitrogens with zero attached hydrogens (tertiary/aromatic N) is 3. The number of ether oxygens (including phenoxy) is 2. The van der Waals surface area contributed by atoms with Crippen LogP contribution in [0.4, 0.5) is 8.78 Å². The van der Waals surface area contributed by atoms with Crippen molar-refractivity contribution in [3.8, 4) is 0 Å². The molecule has 1 aromatic carbocycles. The van der Waals surface area contributed by atoms with Gasteiger partial charge in [0.25, 0.3) is 0 Å². The average molecular weight is 625 g/mol. The maximum atomic E-state index is 14.7. The zero-order valence-corrected chi connectivity index (χ0v) is 23.4. The van der Waals surface area contributed by atoms with Gasteiger partial charge >= 0.3 is 11.9 Å². The number of thiazole rings is 1. The van der Waals surface area contributed by atoms with Crippen molar-refractivity contribution in [3.05, 3.63) is 61.7 Å². The molecule has 4 atom stereocenters. The molecule has 2 aromatic rings. The van der Waals surface area contributed by atoms with Crippen molar-refractivity contribution < 1.29 is 33.0 Å². The minimum atomic E-state index is -1.08. The van der Waals surface area contributed by atoms with Crippen LogP contribution in [0, 0.1) is 17.6 Å². The number of morpholine rings is 1. The number of hydrogen-bond acceptors (Lipinski definition) is 9. The number of nitrogens with one attached hydrogen (secondary N) is 1. The van der Waals surface area contributed by atoms with Gasteiger partial charge in [0.15, 0.2) is 22.5 Å². The number of aliphatic carboxylic acids is 1. The summed E-state index contributed by atoms with van der Waals surface area (Å²) in [6.07, 6.45) is 3.03. The van der Waals surface area contributed by atoms with Gasteiger partial charge in [-0.3, -0.25) is 14.7 Å². The van der Waals surface area contributed by atoms with Gasteiger partial charge in [-0.1, -0.05) is 6.07 Å². The molecule has 39 heavy (non-hydrogen) atoms. The highest BCUT2D eigenvalue weighted by molar-refractivity contribution is 9.10. The summed E-state index contributed by atoms with van der Waals surface area (Å²) in [6, 6.07) is 1.32. The minimum absolute atomic E-state index is 0.0359. The van der Waals surface area contributed by atoms with Crippen LogP contribution in [-0.2, 0) is 19.1 Å². The smallest absolute Gasteiger partial charge is 0.338 e. The van der Waals surface area contributed by atoms with Crippen LogP contribution in [0.2, 0.25) is 0 Å². The number of rotatable bonds is 8. The molecule has 0 radical (unpaired) electrons. The van der Waals surface area contributed by atoms with Crippen molar-refractivity contribution in [2.75, 3.05) is 26.4 Å². The molecule has 2 bridgehead atoms. The Bertz CT molecular complexity index is 1310. The van der Waals surface area contributed by atoms with Gasteiger partial charge in [0, 0.05) is 42.3 Å². The van der Waals surface area contributed by atoms with Crippen molar-refractivity contribution in [1.29, 1.82) is 0 Å². The molecular formula is C26H27BrF2N4O5S. The maximum absolute atomic E-state index is 14.7. The first-order valence-corrected chi connectivity index (χ1v) is 14.3. The van der Waals surface area contributed by atoms with E-state index in [0.717, 1.165) is 6.07 Å². The van der Waals surface area contributed by atoms with Gasteiger partial charge in [-0.15, -0.1) is 11.3 Å². The summed E-state index contributed by atoms with van der Waals surface area (Å²) in [5.74, 6) is -3.11. The highest BCUT2D eigenvalue weighted by atomic mass is 79.9. The number of aromatic nitrogens is 1. The number of benzene rings is 1. The van der Waals surface area contributed by atoms with Crippen LogP contribution >= 0.6 is 27.3 Å². The quantitative estimate of drug-likeness (QED) is 0.334. The lowest BCUT2D eigenvalue weighted by Gasteiger charge is -2.49. The standard InChI is InChI=1S/C26H27BrF2N4O5S/c1-2-38-26(36)20-18(10-33-14-7-13(9-19(34)35)8-15(33)12-37-11-14)31-24(25-30-5-6-39-25)32-23(20)16-3-4-17(28)22(29)21(16)27/h3-6,13-15,23H,2,7-12H2,1H3,(H,31,32)(H,34,35)/t13-,14+,15-,23-/m0/s1. The number of fused-ring (bicyclic) bond motifs is 2. The Morgan fingerprint density at radius 3 is 2.67 bits per heavy atom. The predicted molar refractivity (Wildman–Crippen MR) is 142 cm³/mol. The molecule has 3 aliphatic rings. The molecule has 3 aliphatic heterocycles. The fourth-order valence-corrected chi connectivity index (χ4v) is 6.68. The number of carbonyl (C=O) groups excluding carboxylic acids is 1. The Morgan fingerprint density at radius 1 is 1.28 bits per heavy atom. The zero-order valence-electron chi connectivity index (χ0n) is 21.0. The lowest BCUT2D eigenvalue weighted by atomic mass is 9.82. The summed E-state index contributed by atoms with van der Waals surface area (Å²) in [4.78, 5) is 36.1. The molecule has 0 spiro atoms. The molecule has 13 heteroatoms. The van der Waals surface area contributed by atoms with E-state index in [1.807, 2.05) is 0 Å². The molecule has 0 unspecified atom stereocenters. The normalized spacial score (nSPS) is 25.2. The molecule has 5 rings (SSSR count). The topological polar surface area (TPSA) is 113 Å². The number of carbonyl (C=O) groups is 2. The molecular weight excluding hydrogens is 598 g/mol. The Kier molecular flexibility index (Phi) is 8.40. The Morgan fingerprint density at radius 2 is 2.03 bits per heavy atom. The van der Waals surface area contributed by atoms with Gasteiger partial charge in [-0.25, -0.2) is 18.6 Å². The fourth-order valence-electron chi connectivity index (χ4n) is 5.55. The van der Waals surface area contributed by atoms with Crippen LogP contribution < -0.4 is 5.32 Å². The summed E-state index contributed by atoms with van der Waals surface area (Å²) >= 11 is 4.52. The first-order chi connectivity index (χ1) is 18.8. The molecule has 2 N–H and O–H groups in total. The van der Waals surface area contributed by atoms with Crippen LogP contribution in [0.1, 0.15) is 42.8 Å². The molecule has 2 saturated heterocycles. The largest absolute Gasteiger partial charge is 0.481 e. The lowest BCUT2D eigenvalue weighted by molar-refractivity contribution is -0.141. The molecule has 208 valence electrons. The second-order valence-corrected chi connectivity index (χ2v) is 11.4. The SMILES string of the molecule is CCOC(=O)C1=C(CN2[C@@H]3COC[C@H]2C[C@H](CC(=O)O)C3)NC(c2nccs2)=N[C@H]1c1ccc(F)c(F)c1Br. The third kappa shape index (κ3) is 5.76. The highest BCUT2D eigenvalue weighted by Gasteiger charge is 2.42. The van der Waals surface area contributed by atoms with Crippen molar-refractivity contribution in [2.24, 2.45) is 10.9 Å². The summed E-state index contributed by atoms with van der Waals surface area (Å²) < 4.78 is 39.8. The third-order valence-corrected chi connectivity index (χ3v) is 8.78. The first-order valence-electron chi connectivity index (χ1n) is 12.6. The van der Waals surface area contributed by atoms with Gasteiger partial charge in [0.05, 0.1) is 29.9 Å². The van der Waals surface area contributed by atoms with Gasteiger partial charge in [0.1, 0.15) is 6.04 Å². The molecule has 2 fully saturated rings. The van der Waals surface area contributed by atoms with Crippen LogP contribution in [0.3, 0.4) is 0 Å². The Balaban J connectivity index is 1.58. The molecule has 0 aliphatic carbocycles. The van der Waals surface area contributed by atoms with Crippen LogP contribution in [0.15, 0.2) is 44.4 Å². The predicted octanol–water partition coefficient (Wildman–Crippen LogP) is 4.05. The highest BCUT2D eigenvalue weighted by Crippen LogP contribution is 2.40. The van der Waals surface area contributed by atoms with Gasteiger partial charge in [0.2, 0.25) is 0 Å². The number of aliphatic imine (C=N–C) groups is 1. The summed E-state index contributed by atoms with van der Waals surface area (Å²) in [5, 5.41) is 15.0. The number of carboxylic acid groups (broad SMARTS) is 1. The van der Waals surface area contributed by atoms with E-state index in [2.05, 4.69) is 31.1 Å². The fraction of sp³-hybridized carbons (Fsp3) is 0.462. The monoisotopic (exact) mass is 624 g/mol. The number of piperidine rings is 1. The van der Waals surface area contributed by atoms with Crippen molar-refractivity contribution in [1.82, 2.24) is 15.2 Å². The number of esters is 1. The second kappa shape index (κ2) is 11.8. The zero-order chi connectivity index (χ0) is 27.7. The van der Waals surface area contributed by atoms with Gasteiger partial charge in [-0.05, 0) is 53.2 Å². The minimum Gasteiger partial charge on any atom is -0.481 e. The number of halogens is 3. The van der Waals surface area contributed by atoms with Gasteiger partial charge < -0.3 is 19.9 Å². The first kappa shape index (κ1) is 27.8. The Hall–Kier alpha value is -2.74. The average Bonchev–Trinajstić information content (AvgIpc) is 3.42. The molecule has 4 heterocycles. The van der Waals surface area contributed by atoms with E-state index in [9.17, 15) is 23.5 Å². The Labute approximate surface area is 236 Å². The van der Waals surface area contributed by atoms with Crippen LogP contribution in [0.25, 0.3) is 0 Å². The second-order valence-electron chi connectivity index (χ2n) is 9.67.